The molecule has 2 aromatic carbocycles. The first-order valence-electron chi connectivity index (χ1n) is 12.3. The second-order valence-corrected chi connectivity index (χ2v) is 10.3. The predicted molar refractivity (Wildman–Crippen MR) is 133 cm³/mol. The minimum atomic E-state index is -0.972. The summed E-state index contributed by atoms with van der Waals surface area (Å²) in [6.45, 7) is 6.48. The molecule has 4 rings (SSSR count). The zero-order valence-corrected chi connectivity index (χ0v) is 21.1. The molecule has 0 N–H and O–H groups in total. The number of carbonyl (C=O) groups is 3. The van der Waals surface area contributed by atoms with Crippen LogP contribution in [0.3, 0.4) is 0 Å². The van der Waals surface area contributed by atoms with Crippen molar-refractivity contribution >= 4 is 18.0 Å². The van der Waals surface area contributed by atoms with Crippen molar-refractivity contribution in [2.75, 3.05) is 19.7 Å². The number of rotatable bonds is 8. The third-order valence-corrected chi connectivity index (χ3v) is 6.45. The van der Waals surface area contributed by atoms with Gasteiger partial charge in [0.2, 0.25) is 0 Å². The lowest BCUT2D eigenvalue weighted by Crippen LogP contribution is -2.76. The molecule has 2 heterocycles. The van der Waals surface area contributed by atoms with E-state index in [0.717, 1.165) is 11.1 Å². The third kappa shape index (κ3) is 5.70. The number of ether oxygens (including phenoxy) is 3. The zero-order chi connectivity index (χ0) is 25.8. The van der Waals surface area contributed by atoms with Gasteiger partial charge in [0.25, 0.3) is 5.91 Å². The molecule has 2 saturated heterocycles. The monoisotopic (exact) mass is 494 g/mol. The minimum absolute atomic E-state index is 0.00320. The van der Waals surface area contributed by atoms with Crippen molar-refractivity contribution in [3.8, 4) is 0 Å². The molecule has 2 unspecified atom stereocenters. The molecular formula is C28H34N2O6. The van der Waals surface area contributed by atoms with Gasteiger partial charge in [-0.1, -0.05) is 60.7 Å². The molecule has 2 atom stereocenters. The van der Waals surface area contributed by atoms with E-state index in [4.69, 9.17) is 14.2 Å². The zero-order valence-electron chi connectivity index (χ0n) is 21.1. The minimum Gasteiger partial charge on any atom is -0.459 e. The number of benzene rings is 2. The van der Waals surface area contributed by atoms with E-state index in [1.54, 1.807) is 20.8 Å². The van der Waals surface area contributed by atoms with Crippen LogP contribution in [0.2, 0.25) is 0 Å². The molecule has 0 saturated carbocycles. The van der Waals surface area contributed by atoms with E-state index in [0.29, 0.717) is 26.0 Å². The Bertz CT molecular complexity index is 1070. The maximum absolute atomic E-state index is 13.5. The molecule has 2 aliphatic heterocycles. The third-order valence-electron chi connectivity index (χ3n) is 6.45. The van der Waals surface area contributed by atoms with Gasteiger partial charge >= 0.3 is 12.1 Å². The molecule has 192 valence electrons. The van der Waals surface area contributed by atoms with Gasteiger partial charge in [-0.25, -0.2) is 9.59 Å². The van der Waals surface area contributed by atoms with Crippen LogP contribution in [0.25, 0.3) is 0 Å². The number of amides is 2. The smallest absolute Gasteiger partial charge is 0.411 e. The number of carbonyl (C=O) groups excluding carboxylic acids is 3. The number of hydrogen-bond donors (Lipinski definition) is 0. The molecule has 1 spiro atoms. The molecule has 8 heteroatoms. The van der Waals surface area contributed by atoms with Gasteiger partial charge in [-0.05, 0) is 44.7 Å². The Balaban J connectivity index is 1.45. The van der Waals surface area contributed by atoms with E-state index in [-0.39, 0.29) is 25.7 Å². The van der Waals surface area contributed by atoms with Crippen LogP contribution in [-0.2, 0) is 37.0 Å². The van der Waals surface area contributed by atoms with Crippen molar-refractivity contribution in [2.24, 2.45) is 0 Å². The van der Waals surface area contributed by atoms with Crippen LogP contribution in [0.4, 0.5) is 4.79 Å². The lowest BCUT2D eigenvalue weighted by molar-refractivity contribution is -0.177. The van der Waals surface area contributed by atoms with Crippen molar-refractivity contribution in [1.29, 1.82) is 0 Å². The Kier molecular flexibility index (Phi) is 7.64. The number of β-lactam (4-membered cyclic amide) rings is 1. The highest BCUT2D eigenvalue weighted by Gasteiger charge is 2.62. The van der Waals surface area contributed by atoms with Crippen molar-refractivity contribution in [1.82, 2.24) is 9.80 Å². The summed E-state index contributed by atoms with van der Waals surface area (Å²) in [7, 11) is 0. The summed E-state index contributed by atoms with van der Waals surface area (Å²) in [6.07, 6.45) is 0.738. The molecule has 2 aromatic rings. The highest BCUT2D eigenvalue weighted by molar-refractivity contribution is 5.99. The van der Waals surface area contributed by atoms with Gasteiger partial charge in [0.05, 0.1) is 19.8 Å². The topological polar surface area (TPSA) is 85.4 Å². The average molecular weight is 495 g/mol. The van der Waals surface area contributed by atoms with E-state index in [1.165, 1.54) is 9.80 Å². The lowest BCUT2D eigenvalue weighted by Gasteiger charge is -2.52. The molecular weight excluding hydrogens is 460 g/mol. The molecule has 0 bridgehead atoms. The van der Waals surface area contributed by atoms with E-state index < -0.39 is 29.2 Å². The number of nitrogens with zero attached hydrogens (tertiary/aromatic N) is 2. The van der Waals surface area contributed by atoms with Gasteiger partial charge < -0.3 is 19.1 Å². The molecule has 0 radical (unpaired) electrons. The van der Waals surface area contributed by atoms with E-state index in [1.807, 2.05) is 60.7 Å². The maximum Gasteiger partial charge on any atom is 0.411 e. The van der Waals surface area contributed by atoms with Gasteiger partial charge in [0.15, 0.2) is 6.04 Å². The first-order valence-corrected chi connectivity index (χ1v) is 12.3. The lowest BCUT2D eigenvalue weighted by atomic mass is 9.84. The summed E-state index contributed by atoms with van der Waals surface area (Å²) in [6, 6.07) is 18.1. The van der Waals surface area contributed by atoms with Gasteiger partial charge in [-0.3, -0.25) is 9.69 Å². The van der Waals surface area contributed by atoms with Gasteiger partial charge in [0, 0.05) is 6.54 Å². The number of hydrogen-bond acceptors (Lipinski definition) is 6. The Hall–Kier alpha value is -3.39. The Morgan fingerprint density at radius 1 is 0.972 bits per heavy atom. The standard InChI is InChI=1S/C28H34N2O6/c1-27(2,3)36-26(33)30-16-10-15-28(30)20-29(25(28)32)23(19-34-17-21-11-6-4-7-12-21)24(31)35-18-22-13-8-5-9-14-22/h4-9,11-14,23H,10,15-20H2,1-3H3. The summed E-state index contributed by atoms with van der Waals surface area (Å²) in [4.78, 5) is 42.5. The van der Waals surface area contributed by atoms with E-state index >= 15 is 0 Å². The van der Waals surface area contributed by atoms with Gasteiger partial charge in [-0.15, -0.1) is 0 Å². The molecule has 36 heavy (non-hydrogen) atoms. The Morgan fingerprint density at radius 2 is 1.58 bits per heavy atom. The second-order valence-electron chi connectivity index (χ2n) is 10.3. The van der Waals surface area contributed by atoms with Crippen molar-refractivity contribution < 1.29 is 28.6 Å². The summed E-state index contributed by atoms with van der Waals surface area (Å²) >= 11 is 0. The second kappa shape index (κ2) is 10.7. The summed E-state index contributed by atoms with van der Waals surface area (Å²) in [5.41, 5.74) is 0.183. The summed E-state index contributed by atoms with van der Waals surface area (Å²) in [5.74, 6) is -0.798. The normalized spacial score (nSPS) is 20.2. The van der Waals surface area contributed by atoms with Crippen LogP contribution in [0, 0.1) is 0 Å². The number of likely N-dealkylation sites (tertiary alicyclic amines) is 2. The highest BCUT2D eigenvalue weighted by Crippen LogP contribution is 2.41. The summed E-state index contributed by atoms with van der Waals surface area (Å²) < 4.78 is 17.0. The van der Waals surface area contributed by atoms with Gasteiger partial charge in [0.1, 0.15) is 17.7 Å². The molecule has 2 fully saturated rings. The Morgan fingerprint density at radius 3 is 2.17 bits per heavy atom. The molecule has 2 amide bonds. The van der Waals surface area contributed by atoms with Crippen LogP contribution in [0.5, 0.6) is 0 Å². The molecule has 8 nitrogen and oxygen atoms in total. The van der Waals surface area contributed by atoms with Crippen molar-refractivity contribution in [3.05, 3.63) is 71.8 Å². The van der Waals surface area contributed by atoms with Crippen LogP contribution >= 0.6 is 0 Å². The van der Waals surface area contributed by atoms with Crippen molar-refractivity contribution in [2.45, 2.75) is 64.0 Å². The average Bonchev–Trinajstić information content (AvgIpc) is 3.31. The molecule has 0 aliphatic carbocycles. The highest BCUT2D eigenvalue weighted by atomic mass is 16.6. The fraction of sp³-hybridized carbons (Fsp3) is 0.464. The maximum atomic E-state index is 13.5. The first-order chi connectivity index (χ1) is 17.2. The fourth-order valence-electron chi connectivity index (χ4n) is 4.67. The van der Waals surface area contributed by atoms with Crippen LogP contribution in [0.1, 0.15) is 44.7 Å². The molecule has 2 aliphatic rings. The largest absolute Gasteiger partial charge is 0.459 e. The van der Waals surface area contributed by atoms with Gasteiger partial charge in [-0.2, -0.15) is 0 Å². The summed E-state index contributed by atoms with van der Waals surface area (Å²) in [5, 5.41) is 0. The quantitative estimate of drug-likeness (QED) is 0.408. The first kappa shape index (κ1) is 25.7. The molecule has 0 aromatic heterocycles. The van der Waals surface area contributed by atoms with E-state index in [9.17, 15) is 14.4 Å². The van der Waals surface area contributed by atoms with Crippen molar-refractivity contribution in [3.63, 3.8) is 0 Å². The predicted octanol–water partition coefficient (Wildman–Crippen LogP) is 3.93. The van der Waals surface area contributed by atoms with E-state index in [2.05, 4.69) is 0 Å². The Labute approximate surface area is 212 Å². The van der Waals surface area contributed by atoms with Crippen LogP contribution < -0.4 is 0 Å². The van der Waals surface area contributed by atoms with Crippen LogP contribution in [0.15, 0.2) is 60.7 Å². The van der Waals surface area contributed by atoms with Crippen LogP contribution in [-0.4, -0.2) is 64.6 Å². The SMILES string of the molecule is CC(C)(C)OC(=O)N1CCCC12CN(C(COCc1ccccc1)C(=O)OCc1ccccc1)C2=O. The fourth-order valence-corrected chi connectivity index (χ4v) is 4.67. The number of esters is 1.